The van der Waals surface area contributed by atoms with Crippen LogP contribution in [0.25, 0.3) is 0 Å². The molecule has 286 valence electrons. The molecule has 0 saturated carbocycles. The van der Waals surface area contributed by atoms with Crippen LogP contribution in [0.4, 0.5) is 0 Å². The molecule has 52 heavy (non-hydrogen) atoms. The first-order valence-electron chi connectivity index (χ1n) is 19.6. The molecular formula is C47H68O5. The number of hydrogen-bond acceptors (Lipinski definition) is 5. The Bertz CT molecular complexity index is 1120. The number of unbranched alkanes of at least 4 members (excludes halogenated alkanes) is 14. The minimum Gasteiger partial charge on any atom is -0.460 e. The zero-order chi connectivity index (χ0) is 37.8. The summed E-state index contributed by atoms with van der Waals surface area (Å²) in [4.78, 5) is 23.7. The van der Waals surface area contributed by atoms with Crippen LogP contribution in [0.1, 0.15) is 117 Å². The molecule has 1 N–H and O–H groups in total. The van der Waals surface area contributed by atoms with Crippen LogP contribution >= 0.6 is 0 Å². The van der Waals surface area contributed by atoms with Gasteiger partial charge in [0.25, 0.3) is 0 Å². The van der Waals surface area contributed by atoms with Crippen molar-refractivity contribution in [1.29, 1.82) is 0 Å². The quantitative estimate of drug-likeness (QED) is 0.0325. The van der Waals surface area contributed by atoms with Crippen LogP contribution < -0.4 is 0 Å². The number of esters is 2. The Kier molecular flexibility index (Phi) is 37.9. The van der Waals surface area contributed by atoms with Crippen molar-refractivity contribution < 1.29 is 24.2 Å². The Hall–Kier alpha value is -4.22. The van der Waals surface area contributed by atoms with Crippen LogP contribution in [0.5, 0.6) is 0 Å². The van der Waals surface area contributed by atoms with E-state index in [1.54, 1.807) is 36.5 Å². The fraction of sp³-hybridized carbons (Fsp3) is 0.447. The molecule has 0 aliphatic rings. The first-order chi connectivity index (χ1) is 25.6. The molecule has 0 aliphatic carbocycles. The van der Waals surface area contributed by atoms with Gasteiger partial charge in [-0.05, 0) is 25.7 Å². The van der Waals surface area contributed by atoms with Gasteiger partial charge >= 0.3 is 11.9 Å². The van der Waals surface area contributed by atoms with E-state index in [9.17, 15) is 14.7 Å². The Labute approximate surface area is 317 Å². The average Bonchev–Trinajstić information content (AvgIpc) is 3.15. The zero-order valence-corrected chi connectivity index (χ0v) is 32.2. The molecular weight excluding hydrogens is 645 g/mol. The summed E-state index contributed by atoms with van der Waals surface area (Å²) in [7, 11) is 0. The number of carbonyl (C=O) groups is 2. The monoisotopic (exact) mass is 713 g/mol. The maximum absolute atomic E-state index is 11.8. The van der Waals surface area contributed by atoms with E-state index in [4.69, 9.17) is 9.47 Å². The molecule has 0 amide bonds. The predicted octanol–water partition coefficient (Wildman–Crippen LogP) is 12.4. The highest BCUT2D eigenvalue weighted by Crippen LogP contribution is 2.09. The van der Waals surface area contributed by atoms with Gasteiger partial charge < -0.3 is 14.6 Å². The molecule has 0 rings (SSSR count). The third-order valence-corrected chi connectivity index (χ3v) is 7.52. The van der Waals surface area contributed by atoms with Gasteiger partial charge in [0.2, 0.25) is 0 Å². The van der Waals surface area contributed by atoms with Crippen LogP contribution in [-0.2, 0) is 19.1 Å². The van der Waals surface area contributed by atoms with Gasteiger partial charge in [-0.25, -0.2) is 9.59 Å². The molecule has 0 unspecified atom stereocenters. The van der Waals surface area contributed by atoms with Gasteiger partial charge in [0.15, 0.2) is 0 Å². The van der Waals surface area contributed by atoms with Crippen molar-refractivity contribution in [2.45, 2.75) is 123 Å². The Balaban J connectivity index is 3.94. The second kappa shape index (κ2) is 41.2. The van der Waals surface area contributed by atoms with E-state index in [2.05, 4.69) is 38.2 Å². The topological polar surface area (TPSA) is 72.8 Å². The van der Waals surface area contributed by atoms with Gasteiger partial charge in [-0.1, -0.05) is 225 Å². The summed E-state index contributed by atoms with van der Waals surface area (Å²) >= 11 is 0. The number of aliphatic hydroxyl groups is 1. The van der Waals surface area contributed by atoms with Gasteiger partial charge in [-0.3, -0.25) is 0 Å². The first-order valence-corrected chi connectivity index (χ1v) is 19.6. The third kappa shape index (κ3) is 40.2. The molecule has 0 bridgehead atoms. The molecule has 0 aromatic heterocycles. The number of carbonyl (C=O) groups excluding carboxylic acids is 2. The SMILES string of the molecule is CCCCCCCCC/C=C/C=C/C=C/C=C/C=C/C=C/C(=O)OCC(O)COC(=O)/C=C/C=C/C=C/C=C/C=C/C=C/CCCCCCCCC. The number of hydrogen-bond donors (Lipinski definition) is 1. The van der Waals surface area contributed by atoms with Crippen LogP contribution in [0.2, 0.25) is 0 Å². The highest BCUT2D eigenvalue weighted by atomic mass is 16.6. The number of rotatable bonds is 32. The standard InChI is InChI=1S/C47H68O5/c1-3-5-7-9-11-13-15-17-19-21-23-25-27-29-31-33-35-37-39-41-46(49)51-43-45(48)44-52-47(50)42-40-38-36-34-32-30-28-26-24-22-20-18-16-14-12-10-8-6-4-2/h19-42,45,48H,3-18,43-44H2,1-2H3/b21-19+,22-20+,25-23+,26-24+,29-27+,30-28+,33-31+,34-32+,37-35+,38-36+,41-39+,42-40+. The average molecular weight is 713 g/mol. The maximum atomic E-state index is 11.8. The second-order valence-corrected chi connectivity index (χ2v) is 12.4. The van der Waals surface area contributed by atoms with Gasteiger partial charge in [-0.15, -0.1) is 0 Å². The van der Waals surface area contributed by atoms with Gasteiger partial charge in [0, 0.05) is 12.2 Å². The number of aliphatic hydroxyl groups excluding tert-OH is 1. The minimum atomic E-state index is -1.12. The van der Waals surface area contributed by atoms with Crippen molar-refractivity contribution in [3.05, 3.63) is 146 Å². The van der Waals surface area contributed by atoms with Gasteiger partial charge in [-0.2, -0.15) is 0 Å². The van der Waals surface area contributed by atoms with Crippen LogP contribution in [-0.4, -0.2) is 36.4 Å². The Morgan fingerprint density at radius 1 is 0.404 bits per heavy atom. The maximum Gasteiger partial charge on any atom is 0.330 e. The van der Waals surface area contributed by atoms with Gasteiger partial charge in [0.05, 0.1) is 0 Å². The lowest BCUT2D eigenvalue weighted by Crippen LogP contribution is -2.24. The summed E-state index contributed by atoms with van der Waals surface area (Å²) in [5.41, 5.74) is 0. The molecule has 0 spiro atoms. The molecule has 0 atom stereocenters. The number of allylic oxidation sites excluding steroid dienone is 22. The predicted molar refractivity (Wildman–Crippen MR) is 223 cm³/mol. The van der Waals surface area contributed by atoms with E-state index in [0.29, 0.717) is 0 Å². The summed E-state index contributed by atoms with van der Waals surface area (Å²) in [6.45, 7) is 3.94. The van der Waals surface area contributed by atoms with Gasteiger partial charge in [0.1, 0.15) is 19.3 Å². The van der Waals surface area contributed by atoms with Crippen LogP contribution in [0, 0.1) is 0 Å². The van der Waals surface area contributed by atoms with Crippen molar-refractivity contribution >= 4 is 11.9 Å². The Morgan fingerprint density at radius 2 is 0.673 bits per heavy atom. The molecule has 0 radical (unpaired) electrons. The summed E-state index contributed by atoms with van der Waals surface area (Å²) in [5.74, 6) is -1.20. The lowest BCUT2D eigenvalue weighted by Gasteiger charge is -2.09. The number of ether oxygens (including phenoxy) is 2. The van der Waals surface area contributed by atoms with Crippen LogP contribution in [0.15, 0.2) is 146 Å². The van der Waals surface area contributed by atoms with Crippen molar-refractivity contribution in [3.8, 4) is 0 Å². The van der Waals surface area contributed by atoms with E-state index in [1.165, 1.54) is 102 Å². The second-order valence-electron chi connectivity index (χ2n) is 12.4. The van der Waals surface area contributed by atoms with E-state index in [-0.39, 0.29) is 13.2 Å². The van der Waals surface area contributed by atoms with Crippen molar-refractivity contribution in [3.63, 3.8) is 0 Å². The summed E-state index contributed by atoms with van der Waals surface area (Å²) in [6.07, 6.45) is 64.4. The summed E-state index contributed by atoms with van der Waals surface area (Å²) in [5, 5.41) is 9.94. The first kappa shape index (κ1) is 47.8. The molecule has 0 heterocycles. The van der Waals surface area contributed by atoms with Crippen molar-refractivity contribution in [2.75, 3.05) is 13.2 Å². The lowest BCUT2D eigenvalue weighted by atomic mass is 10.1. The molecule has 0 saturated heterocycles. The lowest BCUT2D eigenvalue weighted by molar-refractivity contribution is -0.146. The minimum absolute atomic E-state index is 0.278. The normalized spacial score (nSPS) is 13.3. The largest absolute Gasteiger partial charge is 0.460 e. The molecule has 0 fully saturated rings. The van der Waals surface area contributed by atoms with Crippen molar-refractivity contribution in [2.24, 2.45) is 0 Å². The van der Waals surface area contributed by atoms with Crippen molar-refractivity contribution in [1.82, 2.24) is 0 Å². The van der Waals surface area contributed by atoms with Crippen LogP contribution in [0.3, 0.4) is 0 Å². The smallest absolute Gasteiger partial charge is 0.330 e. The summed E-state index contributed by atoms with van der Waals surface area (Å²) in [6, 6.07) is 0. The molecule has 5 nitrogen and oxygen atoms in total. The van der Waals surface area contributed by atoms with E-state index in [0.717, 1.165) is 12.8 Å². The molecule has 0 aromatic rings. The van der Waals surface area contributed by atoms with E-state index < -0.39 is 18.0 Å². The molecule has 0 aromatic carbocycles. The highest BCUT2D eigenvalue weighted by Gasteiger charge is 2.09. The summed E-state index contributed by atoms with van der Waals surface area (Å²) < 4.78 is 9.97. The molecule has 0 aliphatic heterocycles. The fourth-order valence-corrected chi connectivity index (χ4v) is 4.58. The highest BCUT2D eigenvalue weighted by molar-refractivity contribution is 5.82. The third-order valence-electron chi connectivity index (χ3n) is 7.52. The molecule has 5 heteroatoms. The fourth-order valence-electron chi connectivity index (χ4n) is 4.58. The zero-order valence-electron chi connectivity index (χ0n) is 32.2. The van der Waals surface area contributed by atoms with E-state index >= 15 is 0 Å². The Morgan fingerprint density at radius 3 is 1.00 bits per heavy atom. The van der Waals surface area contributed by atoms with E-state index in [1.807, 2.05) is 72.9 Å².